The summed E-state index contributed by atoms with van der Waals surface area (Å²) in [6, 6.07) is 5.36. The van der Waals surface area contributed by atoms with Crippen LogP contribution in [-0.2, 0) is 0 Å². The van der Waals surface area contributed by atoms with E-state index in [0.717, 1.165) is 19.5 Å². The zero-order valence-corrected chi connectivity index (χ0v) is 9.39. The lowest BCUT2D eigenvalue weighted by Crippen LogP contribution is -2.23. The standard InChI is InChI=1S/C11H14ClFN2/c1-15-6-5-8(7-15)14-10-4-2-3-9(12)11(10)13/h2-4,8,14H,5-7H2,1H3. The largest absolute Gasteiger partial charge is 0.379 e. The minimum atomic E-state index is -0.353. The number of nitrogens with zero attached hydrogens (tertiary/aromatic N) is 1. The molecule has 1 heterocycles. The second-order valence-corrected chi connectivity index (χ2v) is 4.40. The molecular weight excluding hydrogens is 215 g/mol. The van der Waals surface area contributed by atoms with Crippen molar-refractivity contribution >= 4 is 17.3 Å². The van der Waals surface area contributed by atoms with E-state index in [0.29, 0.717) is 11.7 Å². The first-order valence-corrected chi connectivity index (χ1v) is 5.43. The van der Waals surface area contributed by atoms with Gasteiger partial charge in [0.2, 0.25) is 0 Å². The van der Waals surface area contributed by atoms with Gasteiger partial charge in [-0.15, -0.1) is 0 Å². The molecule has 2 nitrogen and oxygen atoms in total. The summed E-state index contributed by atoms with van der Waals surface area (Å²) >= 11 is 5.70. The highest BCUT2D eigenvalue weighted by Crippen LogP contribution is 2.24. The Morgan fingerprint density at radius 3 is 3.00 bits per heavy atom. The minimum Gasteiger partial charge on any atom is -0.379 e. The van der Waals surface area contributed by atoms with Crippen molar-refractivity contribution < 1.29 is 4.39 Å². The predicted molar refractivity (Wildman–Crippen MR) is 60.9 cm³/mol. The lowest BCUT2D eigenvalue weighted by molar-refractivity contribution is 0.414. The number of nitrogens with one attached hydrogen (secondary N) is 1. The summed E-state index contributed by atoms with van der Waals surface area (Å²) in [4.78, 5) is 2.22. The van der Waals surface area contributed by atoms with Crippen LogP contribution in [0.1, 0.15) is 6.42 Å². The number of anilines is 1. The molecule has 1 aromatic rings. The van der Waals surface area contributed by atoms with E-state index >= 15 is 0 Å². The van der Waals surface area contributed by atoms with E-state index < -0.39 is 0 Å². The van der Waals surface area contributed by atoms with Gasteiger partial charge >= 0.3 is 0 Å². The Balaban J connectivity index is 2.07. The zero-order chi connectivity index (χ0) is 10.8. The zero-order valence-electron chi connectivity index (χ0n) is 8.63. The molecule has 0 bridgehead atoms. The molecule has 4 heteroatoms. The van der Waals surface area contributed by atoms with Crippen LogP contribution in [0.3, 0.4) is 0 Å². The Morgan fingerprint density at radius 2 is 2.33 bits per heavy atom. The van der Waals surface area contributed by atoms with Crippen molar-refractivity contribution in [2.24, 2.45) is 0 Å². The average molecular weight is 229 g/mol. The Labute approximate surface area is 94.0 Å². The molecule has 1 aliphatic rings. The van der Waals surface area contributed by atoms with E-state index in [9.17, 15) is 4.39 Å². The number of benzene rings is 1. The molecule has 82 valence electrons. The smallest absolute Gasteiger partial charge is 0.164 e. The Bertz CT molecular complexity index is 356. The van der Waals surface area contributed by atoms with Gasteiger partial charge in [-0.05, 0) is 32.1 Å². The number of rotatable bonds is 2. The van der Waals surface area contributed by atoms with Gasteiger partial charge in [-0.3, -0.25) is 0 Å². The van der Waals surface area contributed by atoms with Crippen molar-refractivity contribution in [3.8, 4) is 0 Å². The fraction of sp³-hybridized carbons (Fsp3) is 0.455. The molecule has 0 aliphatic carbocycles. The molecule has 0 radical (unpaired) electrons. The second kappa shape index (κ2) is 4.37. The SMILES string of the molecule is CN1CCC(Nc2cccc(Cl)c2F)C1. The van der Waals surface area contributed by atoms with E-state index in [1.165, 1.54) is 0 Å². The molecule has 0 saturated carbocycles. The Morgan fingerprint density at radius 1 is 1.53 bits per heavy atom. The second-order valence-electron chi connectivity index (χ2n) is 3.99. The fourth-order valence-corrected chi connectivity index (χ4v) is 2.06. The summed E-state index contributed by atoms with van der Waals surface area (Å²) in [6.45, 7) is 2.01. The van der Waals surface area contributed by atoms with Crippen molar-refractivity contribution in [3.63, 3.8) is 0 Å². The summed E-state index contributed by atoms with van der Waals surface area (Å²) in [5, 5.41) is 3.35. The number of likely N-dealkylation sites (N-methyl/N-ethyl adjacent to an activating group) is 1. The van der Waals surface area contributed by atoms with E-state index in [2.05, 4.69) is 17.3 Å². The van der Waals surface area contributed by atoms with Crippen LogP contribution in [0, 0.1) is 5.82 Å². The van der Waals surface area contributed by atoms with Gasteiger partial charge in [0.15, 0.2) is 5.82 Å². The van der Waals surface area contributed by atoms with Gasteiger partial charge in [-0.25, -0.2) is 4.39 Å². The van der Waals surface area contributed by atoms with Crippen LogP contribution in [0.2, 0.25) is 5.02 Å². The maximum Gasteiger partial charge on any atom is 0.164 e. The molecule has 1 N–H and O–H groups in total. The number of hydrogen-bond donors (Lipinski definition) is 1. The molecule has 1 unspecified atom stereocenters. The first-order chi connectivity index (χ1) is 7.16. The number of halogens is 2. The van der Waals surface area contributed by atoms with Crippen molar-refractivity contribution in [3.05, 3.63) is 29.0 Å². The quantitative estimate of drug-likeness (QED) is 0.837. The van der Waals surface area contributed by atoms with Crippen LogP contribution >= 0.6 is 11.6 Å². The fourth-order valence-electron chi connectivity index (χ4n) is 1.89. The van der Waals surface area contributed by atoms with E-state index in [4.69, 9.17) is 11.6 Å². The first-order valence-electron chi connectivity index (χ1n) is 5.06. The van der Waals surface area contributed by atoms with Crippen LogP contribution in [0.25, 0.3) is 0 Å². The van der Waals surface area contributed by atoms with Crippen LogP contribution in [-0.4, -0.2) is 31.1 Å². The van der Waals surface area contributed by atoms with Crippen LogP contribution in [0.5, 0.6) is 0 Å². The molecule has 1 aromatic carbocycles. The van der Waals surface area contributed by atoms with Gasteiger partial charge in [0.1, 0.15) is 0 Å². The van der Waals surface area contributed by atoms with Gasteiger partial charge in [0.05, 0.1) is 10.7 Å². The molecule has 1 atom stereocenters. The third kappa shape index (κ3) is 2.41. The minimum absolute atomic E-state index is 0.173. The van der Waals surface area contributed by atoms with E-state index in [1.807, 2.05) is 0 Å². The van der Waals surface area contributed by atoms with Crippen molar-refractivity contribution in [2.75, 3.05) is 25.5 Å². The first kappa shape index (κ1) is 10.7. The Kier molecular flexibility index (Phi) is 3.12. The summed E-state index contributed by atoms with van der Waals surface area (Å²) < 4.78 is 13.5. The molecule has 1 fully saturated rings. The monoisotopic (exact) mass is 228 g/mol. The van der Waals surface area contributed by atoms with Gasteiger partial charge in [-0.2, -0.15) is 0 Å². The van der Waals surface area contributed by atoms with Crippen LogP contribution in [0.4, 0.5) is 10.1 Å². The maximum absolute atomic E-state index is 13.5. The van der Waals surface area contributed by atoms with Crippen LogP contribution in [0.15, 0.2) is 18.2 Å². The number of likely N-dealkylation sites (tertiary alicyclic amines) is 1. The normalized spacial score (nSPS) is 21.9. The molecule has 0 spiro atoms. The van der Waals surface area contributed by atoms with Gasteiger partial charge < -0.3 is 10.2 Å². The van der Waals surface area contributed by atoms with Gasteiger partial charge in [-0.1, -0.05) is 17.7 Å². The number of hydrogen-bond acceptors (Lipinski definition) is 2. The Hall–Kier alpha value is -0.800. The summed E-state index contributed by atoms with van der Waals surface area (Å²) in [7, 11) is 2.07. The topological polar surface area (TPSA) is 15.3 Å². The molecule has 15 heavy (non-hydrogen) atoms. The highest BCUT2D eigenvalue weighted by molar-refractivity contribution is 6.31. The van der Waals surface area contributed by atoms with Gasteiger partial charge in [0, 0.05) is 12.6 Å². The highest BCUT2D eigenvalue weighted by Gasteiger charge is 2.20. The molecule has 0 amide bonds. The lowest BCUT2D eigenvalue weighted by atomic mass is 10.2. The molecule has 1 saturated heterocycles. The summed E-state index contributed by atoms with van der Waals surface area (Å²) in [5.74, 6) is -0.353. The lowest BCUT2D eigenvalue weighted by Gasteiger charge is -2.15. The maximum atomic E-state index is 13.5. The molecular formula is C11H14ClFN2. The molecule has 2 rings (SSSR count). The van der Waals surface area contributed by atoms with E-state index in [-0.39, 0.29) is 10.8 Å². The van der Waals surface area contributed by atoms with Crippen molar-refractivity contribution in [1.29, 1.82) is 0 Å². The molecule has 1 aliphatic heterocycles. The van der Waals surface area contributed by atoms with Crippen molar-refractivity contribution in [2.45, 2.75) is 12.5 Å². The van der Waals surface area contributed by atoms with Crippen molar-refractivity contribution in [1.82, 2.24) is 4.90 Å². The summed E-state index contributed by atoms with van der Waals surface area (Å²) in [5.41, 5.74) is 0.503. The van der Waals surface area contributed by atoms with Gasteiger partial charge in [0.25, 0.3) is 0 Å². The van der Waals surface area contributed by atoms with Crippen LogP contribution < -0.4 is 5.32 Å². The molecule has 0 aromatic heterocycles. The third-order valence-electron chi connectivity index (χ3n) is 2.70. The summed E-state index contributed by atoms with van der Waals surface area (Å²) in [6.07, 6.45) is 1.04. The van der Waals surface area contributed by atoms with E-state index in [1.54, 1.807) is 18.2 Å². The average Bonchev–Trinajstić information content (AvgIpc) is 2.59. The third-order valence-corrected chi connectivity index (χ3v) is 2.99. The highest BCUT2D eigenvalue weighted by atomic mass is 35.5. The predicted octanol–water partition coefficient (Wildman–Crippen LogP) is 2.60.